The van der Waals surface area contributed by atoms with Gasteiger partial charge in [0.1, 0.15) is 0 Å². The van der Waals surface area contributed by atoms with E-state index in [2.05, 4.69) is 4.74 Å². The normalized spacial score (nSPS) is 16.8. The number of hydrogen-bond acceptors (Lipinski definition) is 2. The van der Waals surface area contributed by atoms with Crippen molar-refractivity contribution in [3.8, 4) is 0 Å². The van der Waals surface area contributed by atoms with Crippen LogP contribution in [0.5, 0.6) is 0 Å². The number of hydrogen-bond donors (Lipinski definition) is 1. The molecule has 0 rings (SSSR count). The van der Waals surface area contributed by atoms with Gasteiger partial charge in [-0.3, -0.25) is 0 Å². The van der Waals surface area contributed by atoms with E-state index < -0.39 is 24.6 Å². The molecule has 0 amide bonds. The Morgan fingerprint density at radius 2 is 1.62 bits per heavy atom. The van der Waals surface area contributed by atoms with Crippen LogP contribution in [0.15, 0.2) is 0 Å². The number of ether oxygens (including phenoxy) is 1. The molecule has 0 aromatic carbocycles. The van der Waals surface area contributed by atoms with E-state index in [1.807, 2.05) is 0 Å². The van der Waals surface area contributed by atoms with E-state index in [9.17, 15) is 31.1 Å². The molecule has 78 valence electrons. The Balaban J connectivity index is 4.85. The molecule has 0 aromatic rings. The highest BCUT2D eigenvalue weighted by Crippen LogP contribution is 2.39. The molecule has 1 unspecified atom stereocenters. The maximum Gasteiger partial charge on any atom is 0.509 e. The second-order valence-electron chi connectivity index (χ2n) is 1.81. The maximum atomic E-state index is 12.2. The lowest BCUT2D eigenvalue weighted by Gasteiger charge is -2.24. The lowest BCUT2D eigenvalue weighted by molar-refractivity contribution is -0.352. The maximum absolute atomic E-state index is 12.2. The SMILES string of the molecule is O=C(O)OC(F)(C(F)F)C(F)(F)F. The highest BCUT2D eigenvalue weighted by atomic mass is 19.4. The Morgan fingerprint density at radius 1 is 1.23 bits per heavy atom. The quantitative estimate of drug-likeness (QED) is 0.563. The van der Waals surface area contributed by atoms with Gasteiger partial charge < -0.3 is 9.84 Å². The summed E-state index contributed by atoms with van der Waals surface area (Å²) in [4.78, 5) is 9.47. The van der Waals surface area contributed by atoms with Gasteiger partial charge in [-0.15, -0.1) is 0 Å². The minimum Gasteiger partial charge on any atom is -0.450 e. The van der Waals surface area contributed by atoms with Gasteiger partial charge in [0.2, 0.25) is 0 Å². The predicted molar refractivity (Wildman–Crippen MR) is 25.0 cm³/mol. The zero-order chi connectivity index (χ0) is 10.9. The second-order valence-corrected chi connectivity index (χ2v) is 1.81. The molecule has 9 heteroatoms. The molecular weight excluding hydrogens is 210 g/mol. The van der Waals surface area contributed by atoms with Crippen molar-refractivity contribution in [1.82, 2.24) is 0 Å². The Labute approximate surface area is 66.9 Å². The molecule has 1 N–H and O–H groups in total. The van der Waals surface area contributed by atoms with Crippen LogP contribution < -0.4 is 0 Å². The third-order valence-electron chi connectivity index (χ3n) is 0.903. The first kappa shape index (κ1) is 11.8. The largest absolute Gasteiger partial charge is 0.509 e. The highest BCUT2D eigenvalue weighted by Gasteiger charge is 2.67. The minimum absolute atomic E-state index is 2.44. The van der Waals surface area contributed by atoms with E-state index in [0.717, 1.165) is 0 Å². The second kappa shape index (κ2) is 3.30. The minimum atomic E-state index is -6.11. The van der Waals surface area contributed by atoms with Crippen molar-refractivity contribution in [2.24, 2.45) is 0 Å². The summed E-state index contributed by atoms with van der Waals surface area (Å²) >= 11 is 0. The van der Waals surface area contributed by atoms with Crippen LogP contribution in [-0.4, -0.2) is 29.7 Å². The fourth-order valence-electron chi connectivity index (χ4n) is 0.353. The standard InChI is InChI=1S/C4H2F6O3/c5-1(6)3(7,4(8,9)10)13-2(11)12/h1H,(H,11,12). The van der Waals surface area contributed by atoms with Crippen LogP contribution in [0.25, 0.3) is 0 Å². The average molecular weight is 212 g/mol. The Kier molecular flexibility index (Phi) is 3.01. The predicted octanol–water partition coefficient (Wildman–Crippen LogP) is 2.17. The molecule has 0 saturated heterocycles. The van der Waals surface area contributed by atoms with Gasteiger partial charge in [0, 0.05) is 0 Å². The van der Waals surface area contributed by atoms with Gasteiger partial charge in [-0.25, -0.2) is 13.6 Å². The Morgan fingerprint density at radius 3 is 1.69 bits per heavy atom. The topological polar surface area (TPSA) is 46.5 Å². The van der Waals surface area contributed by atoms with Crippen molar-refractivity contribution >= 4 is 6.16 Å². The van der Waals surface area contributed by atoms with Gasteiger partial charge >= 0.3 is 24.6 Å². The summed E-state index contributed by atoms with van der Waals surface area (Å²) in [5.41, 5.74) is 0. The van der Waals surface area contributed by atoms with Gasteiger partial charge in [-0.1, -0.05) is 0 Å². The van der Waals surface area contributed by atoms with E-state index in [0.29, 0.717) is 0 Å². The summed E-state index contributed by atoms with van der Waals surface area (Å²) < 4.78 is 72.0. The van der Waals surface area contributed by atoms with E-state index >= 15 is 0 Å². The van der Waals surface area contributed by atoms with Crippen molar-refractivity contribution in [2.45, 2.75) is 18.5 Å². The van der Waals surface area contributed by atoms with Crippen LogP contribution >= 0.6 is 0 Å². The first-order chi connectivity index (χ1) is 5.61. The summed E-state index contributed by atoms with van der Waals surface area (Å²) in [6.07, 6.45) is -13.5. The summed E-state index contributed by atoms with van der Waals surface area (Å²) in [6.45, 7) is 0. The molecule has 0 spiro atoms. The fourth-order valence-corrected chi connectivity index (χ4v) is 0.353. The lowest BCUT2D eigenvalue weighted by Crippen LogP contribution is -2.50. The van der Waals surface area contributed by atoms with Crippen molar-refractivity contribution in [1.29, 1.82) is 0 Å². The summed E-state index contributed by atoms with van der Waals surface area (Å²) in [6, 6.07) is 0. The molecule has 13 heavy (non-hydrogen) atoms. The molecule has 0 heterocycles. The van der Waals surface area contributed by atoms with Crippen molar-refractivity contribution < 1.29 is 41.0 Å². The van der Waals surface area contributed by atoms with Crippen LogP contribution in [0.1, 0.15) is 0 Å². The van der Waals surface area contributed by atoms with E-state index in [1.165, 1.54) is 0 Å². The first-order valence-corrected chi connectivity index (χ1v) is 2.57. The fraction of sp³-hybridized carbons (Fsp3) is 0.750. The van der Waals surface area contributed by atoms with Crippen LogP contribution in [0, 0.1) is 0 Å². The van der Waals surface area contributed by atoms with Gasteiger partial charge in [0.25, 0.3) is 0 Å². The van der Waals surface area contributed by atoms with Crippen molar-refractivity contribution in [3.63, 3.8) is 0 Å². The third kappa shape index (κ3) is 2.39. The molecule has 0 fully saturated rings. The molecule has 0 aromatic heterocycles. The zero-order valence-electron chi connectivity index (χ0n) is 5.61. The first-order valence-electron chi connectivity index (χ1n) is 2.57. The summed E-state index contributed by atoms with van der Waals surface area (Å²) in [5, 5.41) is 7.57. The number of carboxylic acid groups (broad SMARTS) is 1. The molecule has 0 aliphatic rings. The number of carbonyl (C=O) groups is 1. The molecular formula is C4H2F6O3. The van der Waals surface area contributed by atoms with E-state index in [4.69, 9.17) is 5.11 Å². The molecule has 0 radical (unpaired) electrons. The smallest absolute Gasteiger partial charge is 0.450 e. The third-order valence-corrected chi connectivity index (χ3v) is 0.903. The summed E-state index contributed by atoms with van der Waals surface area (Å²) in [7, 11) is 0. The highest BCUT2D eigenvalue weighted by molar-refractivity contribution is 5.57. The van der Waals surface area contributed by atoms with E-state index in [1.54, 1.807) is 0 Å². The van der Waals surface area contributed by atoms with Crippen LogP contribution in [-0.2, 0) is 4.74 Å². The van der Waals surface area contributed by atoms with Gasteiger partial charge in [-0.2, -0.15) is 17.6 Å². The Bertz CT molecular complexity index is 201. The van der Waals surface area contributed by atoms with Crippen molar-refractivity contribution in [3.05, 3.63) is 0 Å². The number of alkyl halides is 6. The summed E-state index contributed by atoms with van der Waals surface area (Å²) in [5.74, 6) is -5.47. The molecule has 0 aliphatic heterocycles. The van der Waals surface area contributed by atoms with Crippen LogP contribution in [0.2, 0.25) is 0 Å². The van der Waals surface area contributed by atoms with Crippen LogP contribution in [0.4, 0.5) is 31.1 Å². The number of rotatable bonds is 2. The molecule has 3 nitrogen and oxygen atoms in total. The van der Waals surface area contributed by atoms with Gasteiger partial charge in [0.15, 0.2) is 0 Å². The average Bonchev–Trinajstić information content (AvgIpc) is 1.82. The van der Waals surface area contributed by atoms with Gasteiger partial charge in [0.05, 0.1) is 0 Å². The Hall–Kier alpha value is -1.15. The molecule has 0 aliphatic carbocycles. The van der Waals surface area contributed by atoms with E-state index in [-0.39, 0.29) is 0 Å². The lowest BCUT2D eigenvalue weighted by atomic mass is 10.3. The van der Waals surface area contributed by atoms with Crippen molar-refractivity contribution in [2.75, 3.05) is 0 Å². The van der Waals surface area contributed by atoms with Crippen LogP contribution in [0.3, 0.4) is 0 Å². The number of halogens is 6. The monoisotopic (exact) mass is 212 g/mol. The molecule has 0 bridgehead atoms. The molecule has 1 atom stereocenters. The van der Waals surface area contributed by atoms with Gasteiger partial charge in [-0.05, 0) is 0 Å². The zero-order valence-corrected chi connectivity index (χ0v) is 5.61. The molecule has 0 saturated carbocycles.